The molecule has 0 spiro atoms. The van der Waals surface area contributed by atoms with Gasteiger partial charge in [0.1, 0.15) is 6.10 Å². The number of nitrogens with zero attached hydrogens (tertiary/aromatic N) is 5. The van der Waals surface area contributed by atoms with Gasteiger partial charge in [0.15, 0.2) is 5.82 Å². The van der Waals surface area contributed by atoms with E-state index in [1.807, 2.05) is 0 Å². The van der Waals surface area contributed by atoms with Crippen LogP contribution >= 0.6 is 0 Å². The fourth-order valence-electron chi connectivity index (χ4n) is 2.64. The molecule has 0 saturated carbocycles. The Morgan fingerprint density at radius 3 is 2.91 bits per heavy atom. The van der Waals surface area contributed by atoms with Crippen LogP contribution in [-0.2, 0) is 4.74 Å². The third kappa shape index (κ3) is 4.43. The number of morpholine rings is 1. The number of aromatic nitrogens is 4. The van der Waals surface area contributed by atoms with Crippen LogP contribution in [-0.4, -0.2) is 51.1 Å². The van der Waals surface area contributed by atoms with Gasteiger partial charge in [0.05, 0.1) is 24.7 Å². The van der Waals surface area contributed by atoms with E-state index in [0.29, 0.717) is 17.7 Å². The van der Waals surface area contributed by atoms with E-state index in [0.717, 1.165) is 31.9 Å². The predicted molar refractivity (Wildman–Crippen MR) is 87.3 cm³/mol. The maximum atomic E-state index is 5.88. The van der Waals surface area contributed by atoms with Crippen LogP contribution in [0.1, 0.15) is 25.6 Å². The Labute approximate surface area is 136 Å². The molecule has 1 atom stereocenters. The van der Waals surface area contributed by atoms with Crippen LogP contribution in [0, 0.1) is 5.92 Å². The van der Waals surface area contributed by atoms with Gasteiger partial charge in [-0.05, 0) is 12.0 Å². The lowest BCUT2D eigenvalue weighted by molar-refractivity contribution is -0.0353. The van der Waals surface area contributed by atoms with Crippen molar-refractivity contribution in [1.29, 1.82) is 0 Å². The molecule has 0 radical (unpaired) electrons. The summed E-state index contributed by atoms with van der Waals surface area (Å²) in [5, 5.41) is 3.06. The van der Waals surface area contributed by atoms with Crippen LogP contribution in [0.4, 0.5) is 11.8 Å². The molecule has 1 fully saturated rings. The van der Waals surface area contributed by atoms with Crippen LogP contribution in [0.25, 0.3) is 0 Å². The molecule has 2 aromatic heterocycles. The van der Waals surface area contributed by atoms with Gasteiger partial charge in [-0.3, -0.25) is 9.88 Å². The first-order valence-electron chi connectivity index (χ1n) is 7.90. The Kier molecular flexibility index (Phi) is 5.09. The summed E-state index contributed by atoms with van der Waals surface area (Å²) in [6.07, 6.45) is 6.74. The van der Waals surface area contributed by atoms with E-state index < -0.39 is 0 Å². The van der Waals surface area contributed by atoms with Crippen molar-refractivity contribution in [2.24, 2.45) is 5.92 Å². The smallest absolute Gasteiger partial charge is 0.228 e. The molecular formula is C16H22N6O. The van der Waals surface area contributed by atoms with Crippen molar-refractivity contribution in [3.05, 3.63) is 36.5 Å². The van der Waals surface area contributed by atoms with E-state index in [-0.39, 0.29) is 6.10 Å². The predicted octanol–water partition coefficient (Wildman–Crippen LogP) is 2.04. The SMILES string of the molecule is CC(C)CN1CCO[C@@H](c2cncc(Nc3ncccn3)n2)C1. The summed E-state index contributed by atoms with van der Waals surface area (Å²) in [7, 11) is 0. The lowest BCUT2D eigenvalue weighted by Gasteiger charge is -2.33. The van der Waals surface area contributed by atoms with Crippen molar-refractivity contribution < 1.29 is 4.74 Å². The maximum Gasteiger partial charge on any atom is 0.228 e. The molecule has 0 aliphatic carbocycles. The molecule has 23 heavy (non-hydrogen) atoms. The summed E-state index contributed by atoms with van der Waals surface area (Å²) in [5.41, 5.74) is 0.833. The molecule has 1 N–H and O–H groups in total. The van der Waals surface area contributed by atoms with Crippen LogP contribution in [0.5, 0.6) is 0 Å². The van der Waals surface area contributed by atoms with Crippen LogP contribution in [0.2, 0.25) is 0 Å². The first-order chi connectivity index (χ1) is 11.2. The number of nitrogens with one attached hydrogen (secondary N) is 1. The summed E-state index contributed by atoms with van der Waals surface area (Å²) in [4.78, 5) is 19.5. The second kappa shape index (κ2) is 7.43. The fraction of sp³-hybridized carbons (Fsp3) is 0.500. The standard InChI is InChI=1S/C16H22N6O/c1-12(2)10-22-6-7-23-14(11-22)13-8-17-9-15(20-13)21-16-18-4-3-5-19-16/h3-5,8-9,12,14H,6-7,10-11H2,1-2H3,(H,18,19,20,21)/t14-/m1/s1. The Morgan fingerprint density at radius 2 is 2.13 bits per heavy atom. The van der Waals surface area contributed by atoms with Crippen molar-refractivity contribution in [2.45, 2.75) is 20.0 Å². The largest absolute Gasteiger partial charge is 0.369 e. The van der Waals surface area contributed by atoms with E-state index in [9.17, 15) is 0 Å². The molecule has 3 rings (SSSR count). The Morgan fingerprint density at radius 1 is 1.30 bits per heavy atom. The van der Waals surface area contributed by atoms with Gasteiger partial charge in [-0.15, -0.1) is 0 Å². The lowest BCUT2D eigenvalue weighted by atomic mass is 10.1. The summed E-state index contributed by atoms with van der Waals surface area (Å²) < 4.78 is 5.88. The number of hydrogen-bond acceptors (Lipinski definition) is 7. The van der Waals surface area contributed by atoms with Gasteiger partial charge >= 0.3 is 0 Å². The van der Waals surface area contributed by atoms with Gasteiger partial charge in [0, 0.05) is 32.0 Å². The molecule has 1 saturated heterocycles. The van der Waals surface area contributed by atoms with Crippen LogP contribution < -0.4 is 5.32 Å². The topological polar surface area (TPSA) is 76.1 Å². The van der Waals surface area contributed by atoms with Crippen LogP contribution in [0.3, 0.4) is 0 Å². The number of ether oxygens (including phenoxy) is 1. The summed E-state index contributed by atoms with van der Waals surface area (Å²) in [6.45, 7) is 8.07. The highest BCUT2D eigenvalue weighted by molar-refractivity contribution is 5.45. The number of hydrogen-bond donors (Lipinski definition) is 1. The highest BCUT2D eigenvalue weighted by Gasteiger charge is 2.24. The van der Waals surface area contributed by atoms with E-state index in [1.165, 1.54) is 0 Å². The van der Waals surface area contributed by atoms with Gasteiger partial charge < -0.3 is 10.1 Å². The fourth-order valence-corrected chi connectivity index (χ4v) is 2.64. The molecule has 1 aliphatic rings. The van der Waals surface area contributed by atoms with Crippen molar-refractivity contribution in [3.8, 4) is 0 Å². The minimum absolute atomic E-state index is 0.0477. The molecule has 122 valence electrons. The van der Waals surface area contributed by atoms with E-state index in [4.69, 9.17) is 4.74 Å². The number of rotatable bonds is 5. The summed E-state index contributed by atoms with van der Waals surface area (Å²) in [5.74, 6) is 1.77. The Bertz CT molecular complexity index is 621. The van der Waals surface area contributed by atoms with Gasteiger partial charge in [0.2, 0.25) is 5.95 Å². The van der Waals surface area contributed by atoms with Gasteiger partial charge in [-0.1, -0.05) is 13.8 Å². The second-order valence-electron chi connectivity index (χ2n) is 6.04. The summed E-state index contributed by atoms with van der Waals surface area (Å²) >= 11 is 0. The van der Waals surface area contributed by atoms with Gasteiger partial charge in [0.25, 0.3) is 0 Å². The van der Waals surface area contributed by atoms with Crippen molar-refractivity contribution in [1.82, 2.24) is 24.8 Å². The zero-order valence-corrected chi connectivity index (χ0v) is 13.5. The molecular weight excluding hydrogens is 292 g/mol. The van der Waals surface area contributed by atoms with E-state index >= 15 is 0 Å². The quantitative estimate of drug-likeness (QED) is 0.905. The summed E-state index contributed by atoms with van der Waals surface area (Å²) in [6, 6.07) is 1.77. The average molecular weight is 314 g/mol. The third-order valence-electron chi connectivity index (χ3n) is 3.56. The molecule has 2 aromatic rings. The monoisotopic (exact) mass is 314 g/mol. The van der Waals surface area contributed by atoms with Crippen molar-refractivity contribution in [3.63, 3.8) is 0 Å². The van der Waals surface area contributed by atoms with Gasteiger partial charge in [-0.2, -0.15) is 0 Å². The van der Waals surface area contributed by atoms with Crippen LogP contribution in [0.15, 0.2) is 30.9 Å². The highest BCUT2D eigenvalue weighted by Crippen LogP contribution is 2.22. The Balaban J connectivity index is 1.69. The highest BCUT2D eigenvalue weighted by atomic mass is 16.5. The molecule has 3 heterocycles. The molecule has 1 aliphatic heterocycles. The van der Waals surface area contributed by atoms with Crippen molar-refractivity contribution in [2.75, 3.05) is 31.6 Å². The number of anilines is 2. The minimum atomic E-state index is -0.0477. The first-order valence-corrected chi connectivity index (χ1v) is 7.90. The Hall–Kier alpha value is -2.12. The maximum absolute atomic E-state index is 5.88. The van der Waals surface area contributed by atoms with E-state index in [2.05, 4.69) is 44.0 Å². The van der Waals surface area contributed by atoms with Gasteiger partial charge in [-0.25, -0.2) is 15.0 Å². The molecule has 0 aromatic carbocycles. The molecule has 7 heteroatoms. The lowest BCUT2D eigenvalue weighted by Crippen LogP contribution is -2.40. The first kappa shape index (κ1) is 15.8. The van der Waals surface area contributed by atoms with Crippen molar-refractivity contribution >= 4 is 11.8 Å². The zero-order chi connectivity index (χ0) is 16.1. The normalized spacial score (nSPS) is 19.0. The molecule has 0 bridgehead atoms. The van der Waals surface area contributed by atoms with E-state index in [1.54, 1.807) is 30.9 Å². The molecule has 0 amide bonds. The third-order valence-corrected chi connectivity index (χ3v) is 3.56. The molecule has 0 unspecified atom stereocenters. The average Bonchev–Trinajstić information content (AvgIpc) is 2.56. The zero-order valence-electron chi connectivity index (χ0n) is 13.5. The molecule has 7 nitrogen and oxygen atoms in total. The minimum Gasteiger partial charge on any atom is -0.369 e. The second-order valence-corrected chi connectivity index (χ2v) is 6.04.